The third kappa shape index (κ3) is 44.2. The Morgan fingerprint density at radius 1 is 0.468 bits per heavy atom. The first-order chi connectivity index (χ1) is 30.5. The van der Waals surface area contributed by atoms with E-state index >= 15 is 0 Å². The van der Waals surface area contributed by atoms with Gasteiger partial charge < -0.3 is 20.3 Å². The van der Waals surface area contributed by atoms with Crippen LogP contribution in [0.1, 0.15) is 258 Å². The lowest BCUT2D eigenvalue weighted by Crippen LogP contribution is -2.46. The van der Waals surface area contributed by atoms with Crippen LogP contribution in [0.25, 0.3) is 0 Å². The summed E-state index contributed by atoms with van der Waals surface area (Å²) in [5.41, 5.74) is 0. The fourth-order valence-electron chi connectivity index (χ4n) is 7.84. The van der Waals surface area contributed by atoms with Gasteiger partial charge in [-0.3, -0.25) is 9.59 Å². The average Bonchev–Trinajstić information content (AvgIpc) is 3.26. The fourth-order valence-corrected chi connectivity index (χ4v) is 7.84. The van der Waals surface area contributed by atoms with E-state index in [1.165, 1.54) is 135 Å². The number of nitrogens with one attached hydrogen (secondary N) is 1. The topological polar surface area (TPSA) is 95.9 Å². The second-order valence-corrected chi connectivity index (χ2v) is 18.0. The van der Waals surface area contributed by atoms with Gasteiger partial charge in [-0.05, 0) is 70.6 Å². The number of aliphatic hydroxyl groups excluding tert-OH is 2. The molecule has 3 N–H and O–H groups in total. The van der Waals surface area contributed by atoms with Crippen molar-refractivity contribution in [2.24, 2.45) is 0 Å². The van der Waals surface area contributed by atoms with Gasteiger partial charge in [-0.2, -0.15) is 0 Å². The van der Waals surface area contributed by atoms with Gasteiger partial charge in [-0.25, -0.2) is 0 Å². The molecule has 0 saturated heterocycles. The minimum atomic E-state index is -0.801. The molecule has 0 fully saturated rings. The molecule has 0 aromatic carbocycles. The maximum absolute atomic E-state index is 13.2. The number of carbonyl (C=O) groups is 2. The maximum Gasteiger partial charge on any atom is 0.306 e. The molecule has 0 heterocycles. The first-order valence-corrected chi connectivity index (χ1v) is 26.6. The molecule has 0 radical (unpaired) electrons. The Hall–Kier alpha value is -2.44. The van der Waals surface area contributed by atoms with Crippen molar-refractivity contribution in [3.63, 3.8) is 0 Å². The zero-order chi connectivity index (χ0) is 45.2. The smallest absolute Gasteiger partial charge is 0.306 e. The Morgan fingerprint density at radius 3 is 1.39 bits per heavy atom. The summed E-state index contributed by atoms with van der Waals surface area (Å²) in [7, 11) is 0. The number of ether oxygens (including phenoxy) is 1. The van der Waals surface area contributed by atoms with Crippen LogP contribution in [-0.2, 0) is 14.3 Å². The van der Waals surface area contributed by atoms with E-state index in [1.807, 2.05) is 6.08 Å². The molecule has 3 unspecified atom stereocenters. The molecule has 0 bridgehead atoms. The molecule has 6 heteroatoms. The number of carbonyl (C=O) groups excluding carboxylic acids is 2. The Balaban J connectivity index is 4.62. The predicted octanol–water partition coefficient (Wildman–Crippen LogP) is 16.0. The number of rotatable bonds is 47. The van der Waals surface area contributed by atoms with E-state index in [9.17, 15) is 19.8 Å². The van der Waals surface area contributed by atoms with Crippen molar-refractivity contribution < 1.29 is 24.5 Å². The molecule has 0 saturated carbocycles. The van der Waals surface area contributed by atoms with Crippen molar-refractivity contribution in [2.75, 3.05) is 6.61 Å². The van der Waals surface area contributed by atoms with Gasteiger partial charge in [0.25, 0.3) is 0 Å². The van der Waals surface area contributed by atoms with Crippen LogP contribution < -0.4 is 5.32 Å². The Bertz CT molecular complexity index is 1110. The van der Waals surface area contributed by atoms with Gasteiger partial charge in [0, 0.05) is 6.42 Å². The van der Waals surface area contributed by atoms with Crippen molar-refractivity contribution in [1.82, 2.24) is 5.32 Å². The highest BCUT2D eigenvalue weighted by molar-refractivity contribution is 5.77. The van der Waals surface area contributed by atoms with Gasteiger partial charge in [0.1, 0.15) is 6.10 Å². The van der Waals surface area contributed by atoms with E-state index in [0.29, 0.717) is 19.3 Å². The van der Waals surface area contributed by atoms with E-state index in [1.54, 1.807) is 0 Å². The Kier molecular flexibility index (Phi) is 47.6. The molecule has 360 valence electrons. The maximum atomic E-state index is 13.2. The molecule has 0 spiro atoms. The number of aliphatic hydroxyl groups is 2. The minimum Gasteiger partial charge on any atom is -0.462 e. The molecule has 0 aliphatic heterocycles. The molecular weight excluding hydrogens is 767 g/mol. The van der Waals surface area contributed by atoms with Gasteiger partial charge >= 0.3 is 5.97 Å². The third-order valence-electron chi connectivity index (χ3n) is 11.9. The molecular formula is C56H101NO5. The van der Waals surface area contributed by atoms with Crippen molar-refractivity contribution >= 4 is 11.9 Å². The van der Waals surface area contributed by atoms with E-state index in [-0.39, 0.29) is 24.9 Å². The monoisotopic (exact) mass is 868 g/mol. The number of amides is 1. The normalized spacial score (nSPS) is 13.7. The van der Waals surface area contributed by atoms with Crippen LogP contribution in [0.2, 0.25) is 0 Å². The largest absolute Gasteiger partial charge is 0.462 e. The van der Waals surface area contributed by atoms with Crippen molar-refractivity contribution in [1.29, 1.82) is 0 Å². The molecule has 0 rings (SSSR count). The molecule has 0 aliphatic rings. The SMILES string of the molecule is CCCC/C=C\CCCCCCCC(=O)OC(CCCCC/C=C/C=C/C=C/C=C/CCCCC)CC(=O)NC(CO)C(O)CCCCCCCCCCCCCCCCCC. The summed E-state index contributed by atoms with van der Waals surface area (Å²) in [6.07, 6.45) is 61.3. The highest BCUT2D eigenvalue weighted by Crippen LogP contribution is 2.17. The van der Waals surface area contributed by atoms with E-state index in [4.69, 9.17) is 4.74 Å². The highest BCUT2D eigenvalue weighted by Gasteiger charge is 2.24. The number of unbranched alkanes of at least 4 members (excludes halogenated alkanes) is 28. The summed E-state index contributed by atoms with van der Waals surface area (Å²) in [4.78, 5) is 26.1. The summed E-state index contributed by atoms with van der Waals surface area (Å²) in [5.74, 6) is -0.521. The lowest BCUT2D eigenvalue weighted by atomic mass is 10.0. The van der Waals surface area contributed by atoms with Crippen molar-refractivity contribution in [2.45, 2.75) is 277 Å². The van der Waals surface area contributed by atoms with E-state index in [2.05, 4.69) is 80.8 Å². The van der Waals surface area contributed by atoms with Gasteiger partial charge in [-0.1, -0.05) is 236 Å². The highest BCUT2D eigenvalue weighted by atomic mass is 16.5. The number of allylic oxidation sites excluding steroid dienone is 10. The molecule has 62 heavy (non-hydrogen) atoms. The number of hydrogen-bond acceptors (Lipinski definition) is 5. The summed E-state index contributed by atoms with van der Waals surface area (Å²) >= 11 is 0. The number of hydrogen-bond donors (Lipinski definition) is 3. The van der Waals surface area contributed by atoms with Crippen molar-refractivity contribution in [3.8, 4) is 0 Å². The van der Waals surface area contributed by atoms with Crippen LogP contribution in [0, 0.1) is 0 Å². The Morgan fingerprint density at radius 2 is 0.855 bits per heavy atom. The summed E-state index contributed by atoms with van der Waals surface area (Å²) < 4.78 is 5.91. The standard InChI is InChI=1S/C56H101NO5/c1-4-7-10-13-16-19-22-24-26-28-30-33-35-38-41-44-47-52(62-56(61)49-46-43-40-37-32-21-18-15-12-9-6-3)50-55(60)57-53(51-58)54(59)48-45-42-39-36-34-31-29-27-25-23-20-17-14-11-8-5-2/h15-16,18-19,22,24,26,28,30,33,52-54,58-59H,4-14,17,20-21,23,25,27,29,31-32,34-51H2,1-3H3,(H,57,60)/b18-15-,19-16+,24-22+,28-26+,33-30+. The van der Waals surface area contributed by atoms with Gasteiger partial charge in [0.15, 0.2) is 0 Å². The zero-order valence-corrected chi connectivity index (χ0v) is 41.0. The van der Waals surface area contributed by atoms with E-state index in [0.717, 1.165) is 77.0 Å². The molecule has 1 amide bonds. The molecule has 0 aliphatic carbocycles. The summed E-state index contributed by atoms with van der Waals surface area (Å²) in [5, 5.41) is 23.8. The fraction of sp³-hybridized carbons (Fsp3) is 0.786. The van der Waals surface area contributed by atoms with Crippen LogP contribution in [0.5, 0.6) is 0 Å². The minimum absolute atomic E-state index is 0.0475. The predicted molar refractivity (Wildman–Crippen MR) is 268 cm³/mol. The first-order valence-electron chi connectivity index (χ1n) is 26.6. The zero-order valence-electron chi connectivity index (χ0n) is 41.0. The third-order valence-corrected chi connectivity index (χ3v) is 11.9. The van der Waals surface area contributed by atoms with Gasteiger partial charge in [0.05, 0.1) is 25.2 Å². The van der Waals surface area contributed by atoms with Gasteiger partial charge in [-0.15, -0.1) is 0 Å². The van der Waals surface area contributed by atoms with Crippen LogP contribution in [-0.4, -0.2) is 46.9 Å². The van der Waals surface area contributed by atoms with E-state index < -0.39 is 18.2 Å². The second-order valence-electron chi connectivity index (χ2n) is 18.0. The van der Waals surface area contributed by atoms with Crippen LogP contribution >= 0.6 is 0 Å². The van der Waals surface area contributed by atoms with Crippen molar-refractivity contribution in [3.05, 3.63) is 60.8 Å². The average molecular weight is 868 g/mol. The summed E-state index contributed by atoms with van der Waals surface area (Å²) in [6.45, 7) is 6.40. The second kappa shape index (κ2) is 49.6. The van der Waals surface area contributed by atoms with Crippen LogP contribution in [0.15, 0.2) is 60.8 Å². The Labute approximate surface area is 384 Å². The molecule has 0 aromatic heterocycles. The van der Waals surface area contributed by atoms with Gasteiger partial charge in [0.2, 0.25) is 5.91 Å². The molecule has 3 atom stereocenters. The molecule has 6 nitrogen and oxygen atoms in total. The van der Waals surface area contributed by atoms with Crippen LogP contribution in [0.3, 0.4) is 0 Å². The lowest BCUT2D eigenvalue weighted by Gasteiger charge is -2.24. The quantitative estimate of drug-likeness (QED) is 0.0245. The lowest BCUT2D eigenvalue weighted by molar-refractivity contribution is -0.151. The number of esters is 1. The summed E-state index contributed by atoms with van der Waals surface area (Å²) in [6, 6.07) is -0.717. The van der Waals surface area contributed by atoms with Crippen LogP contribution in [0.4, 0.5) is 0 Å². The first kappa shape index (κ1) is 59.6. The molecule has 0 aromatic rings.